The monoisotopic (exact) mass is 214 g/mol. The minimum atomic E-state index is -1.27. The van der Waals surface area contributed by atoms with Gasteiger partial charge in [0.05, 0.1) is 5.02 Å². The maximum absolute atomic E-state index is 10.4. The van der Waals surface area contributed by atoms with Crippen molar-refractivity contribution in [3.05, 3.63) is 27.7 Å². The molecular weight excluding hydrogens is 210 g/mol. The van der Waals surface area contributed by atoms with E-state index >= 15 is 0 Å². The van der Waals surface area contributed by atoms with Crippen molar-refractivity contribution < 1.29 is 35.3 Å². The molecule has 66 valence electrons. The van der Waals surface area contributed by atoms with Crippen LogP contribution in [0.15, 0.2) is 12.1 Å². The Hall–Kier alpha value is -0.333. The van der Waals surface area contributed by atoms with Gasteiger partial charge in [-0.15, -0.1) is 0 Å². The average Bonchev–Trinajstić information content (AvgIpc) is 1.96. The van der Waals surface area contributed by atoms with E-state index in [-0.39, 0.29) is 35.9 Å². The topological polar surface area (TPSA) is 57.5 Å². The van der Waals surface area contributed by atoms with Gasteiger partial charge in [-0.25, -0.2) is 4.79 Å². The Morgan fingerprint density at radius 3 is 2.38 bits per heavy atom. The van der Waals surface area contributed by atoms with Gasteiger partial charge >= 0.3 is 24.8 Å². The summed E-state index contributed by atoms with van der Waals surface area (Å²) in [6.45, 7) is 0. The van der Waals surface area contributed by atoms with Crippen molar-refractivity contribution in [3.63, 3.8) is 0 Å². The zero-order valence-corrected chi connectivity index (χ0v) is 8.23. The van der Waals surface area contributed by atoms with Crippen LogP contribution in [0, 0.1) is 0 Å². The van der Waals surface area contributed by atoms with Gasteiger partial charge in [0.2, 0.25) is 0 Å². The molecule has 0 radical (unpaired) electrons. The molecule has 0 saturated heterocycles. The molecule has 0 aliphatic carbocycles. The van der Waals surface area contributed by atoms with Crippen molar-refractivity contribution in [1.29, 1.82) is 0 Å². The summed E-state index contributed by atoms with van der Waals surface area (Å²) < 4.78 is 0. The third-order valence-electron chi connectivity index (χ3n) is 1.26. The average molecular weight is 215 g/mol. The third kappa shape index (κ3) is 2.82. The molecule has 1 aromatic carbocycles. The second kappa shape index (κ2) is 4.78. The smallest absolute Gasteiger partial charge is 1.00 e. The number of hydrogen-bond donors (Lipinski definition) is 2. The van der Waals surface area contributed by atoms with Gasteiger partial charge in [0.25, 0.3) is 0 Å². The van der Waals surface area contributed by atoms with Crippen LogP contribution < -0.4 is 18.9 Å². The molecule has 0 saturated carbocycles. The molecule has 1 rings (SSSR count). The third-order valence-corrected chi connectivity index (χ3v) is 1.76. The molecule has 13 heavy (non-hydrogen) atoms. The zero-order valence-electron chi connectivity index (χ0n) is 7.71. The van der Waals surface area contributed by atoms with Gasteiger partial charge in [0.15, 0.2) is 0 Å². The Balaban J connectivity index is 0. The fourth-order valence-corrected chi connectivity index (χ4v) is 1.22. The van der Waals surface area contributed by atoms with Crippen LogP contribution in [-0.2, 0) is 0 Å². The Morgan fingerprint density at radius 2 is 1.92 bits per heavy atom. The number of hydrogen-bond acceptors (Lipinski definition) is 2. The molecule has 3 nitrogen and oxygen atoms in total. The fraction of sp³-hybridized carbons (Fsp3) is 0. The number of carboxylic acids is 1. The molecule has 0 heterocycles. The van der Waals surface area contributed by atoms with Crippen molar-refractivity contribution in [1.82, 2.24) is 0 Å². The van der Waals surface area contributed by atoms with Gasteiger partial charge in [-0.3, -0.25) is 0 Å². The second-order valence-electron chi connectivity index (χ2n) is 2.09. The van der Waals surface area contributed by atoms with E-state index in [1.165, 1.54) is 6.07 Å². The van der Waals surface area contributed by atoms with E-state index in [0.29, 0.717) is 0 Å². The van der Waals surface area contributed by atoms with Crippen LogP contribution in [0.25, 0.3) is 0 Å². The quantitative estimate of drug-likeness (QED) is 0.621. The Bertz CT molecular complexity index is 346. The number of aromatic hydroxyl groups is 1. The maximum atomic E-state index is 10.4. The fourth-order valence-electron chi connectivity index (χ4n) is 0.729. The standard InChI is InChI=1S/C7H4Cl2O3.Li.H/c8-3-1-4(7(11)12)6(10)5(9)2-3;;/h1-2,10H,(H,11,12);;/q;+1;-1. The first-order chi connectivity index (χ1) is 5.52. The molecular formula is C7H5Cl2LiO3. The van der Waals surface area contributed by atoms with Crippen LogP contribution >= 0.6 is 23.2 Å². The summed E-state index contributed by atoms with van der Waals surface area (Å²) in [5.41, 5.74) is -0.299. The Kier molecular flexibility index (Phi) is 4.66. The second-order valence-corrected chi connectivity index (χ2v) is 2.93. The number of carboxylic acid groups (broad SMARTS) is 1. The van der Waals surface area contributed by atoms with Gasteiger partial charge in [-0.2, -0.15) is 0 Å². The van der Waals surface area contributed by atoms with E-state index in [2.05, 4.69) is 0 Å². The van der Waals surface area contributed by atoms with Crippen LogP contribution in [0.3, 0.4) is 0 Å². The van der Waals surface area contributed by atoms with E-state index in [0.717, 1.165) is 6.07 Å². The molecule has 2 N–H and O–H groups in total. The van der Waals surface area contributed by atoms with Crippen LogP contribution in [0.1, 0.15) is 11.8 Å². The van der Waals surface area contributed by atoms with Crippen molar-refractivity contribution in [2.75, 3.05) is 0 Å². The van der Waals surface area contributed by atoms with E-state index in [4.69, 9.17) is 33.4 Å². The van der Waals surface area contributed by atoms with Gasteiger partial charge < -0.3 is 11.6 Å². The van der Waals surface area contributed by atoms with E-state index in [1.807, 2.05) is 0 Å². The van der Waals surface area contributed by atoms with Crippen molar-refractivity contribution in [3.8, 4) is 5.75 Å². The summed E-state index contributed by atoms with van der Waals surface area (Å²) in [5, 5.41) is 17.8. The number of benzene rings is 1. The van der Waals surface area contributed by atoms with Crippen LogP contribution in [0.4, 0.5) is 0 Å². The summed E-state index contributed by atoms with van der Waals surface area (Å²) in [4.78, 5) is 10.4. The zero-order chi connectivity index (χ0) is 9.30. The molecule has 0 unspecified atom stereocenters. The van der Waals surface area contributed by atoms with Crippen LogP contribution in [0.5, 0.6) is 5.75 Å². The van der Waals surface area contributed by atoms with Crippen LogP contribution in [0.2, 0.25) is 10.0 Å². The number of phenols is 1. The maximum Gasteiger partial charge on any atom is 1.00 e. The first-order valence-corrected chi connectivity index (χ1v) is 3.69. The predicted octanol–water partition coefficient (Wildman–Crippen LogP) is -0.486. The van der Waals surface area contributed by atoms with Gasteiger partial charge in [0.1, 0.15) is 11.3 Å². The largest absolute Gasteiger partial charge is 1.00 e. The van der Waals surface area contributed by atoms with Crippen molar-refractivity contribution in [2.45, 2.75) is 0 Å². The molecule has 0 aliphatic heterocycles. The molecule has 0 aliphatic rings. The summed E-state index contributed by atoms with van der Waals surface area (Å²) in [6.07, 6.45) is 0. The molecule has 0 fully saturated rings. The van der Waals surface area contributed by atoms with E-state index < -0.39 is 11.7 Å². The first kappa shape index (κ1) is 12.7. The van der Waals surface area contributed by atoms with E-state index in [1.54, 1.807) is 0 Å². The Morgan fingerprint density at radius 1 is 1.38 bits per heavy atom. The van der Waals surface area contributed by atoms with Crippen molar-refractivity contribution >= 4 is 29.2 Å². The molecule has 0 spiro atoms. The molecule has 0 aromatic heterocycles. The van der Waals surface area contributed by atoms with Crippen molar-refractivity contribution in [2.24, 2.45) is 0 Å². The van der Waals surface area contributed by atoms with Gasteiger partial charge in [0, 0.05) is 5.02 Å². The summed E-state index contributed by atoms with van der Waals surface area (Å²) in [5.74, 6) is -1.73. The van der Waals surface area contributed by atoms with E-state index in [9.17, 15) is 4.79 Å². The number of carbonyl (C=O) groups is 1. The van der Waals surface area contributed by atoms with Crippen LogP contribution in [-0.4, -0.2) is 16.2 Å². The summed E-state index contributed by atoms with van der Waals surface area (Å²) in [6, 6.07) is 2.40. The molecule has 0 amide bonds. The minimum Gasteiger partial charge on any atom is -1.00 e. The predicted molar refractivity (Wildman–Crippen MR) is 46.2 cm³/mol. The number of aromatic carboxylic acids is 1. The summed E-state index contributed by atoms with van der Waals surface area (Å²) >= 11 is 11.0. The number of halogens is 2. The summed E-state index contributed by atoms with van der Waals surface area (Å²) in [7, 11) is 0. The van der Waals surface area contributed by atoms with Gasteiger partial charge in [-0.05, 0) is 12.1 Å². The first-order valence-electron chi connectivity index (χ1n) is 2.93. The normalized spacial score (nSPS) is 9.08. The Labute approximate surface area is 97.9 Å². The molecule has 6 heteroatoms. The molecule has 0 bridgehead atoms. The molecule has 0 atom stereocenters. The number of rotatable bonds is 1. The minimum absolute atomic E-state index is 0. The molecule has 1 aromatic rings. The SMILES string of the molecule is O=C(O)c1cc(Cl)cc(Cl)c1O.[H-].[Li+]. The van der Waals surface area contributed by atoms with Gasteiger partial charge in [-0.1, -0.05) is 23.2 Å².